The summed E-state index contributed by atoms with van der Waals surface area (Å²) in [5.74, 6) is -1.38. The number of amides is 1. The van der Waals surface area contributed by atoms with Gasteiger partial charge in [-0.2, -0.15) is 0 Å². The first-order valence-electron chi connectivity index (χ1n) is 4.18. The molecule has 0 fully saturated rings. The van der Waals surface area contributed by atoms with Crippen LogP contribution in [0.25, 0.3) is 0 Å². The minimum Gasteiger partial charge on any atom is -0.480 e. The van der Waals surface area contributed by atoms with Gasteiger partial charge in [-0.05, 0) is 19.3 Å². The number of carboxylic acids is 1. The average molecular weight is 189 g/mol. The van der Waals surface area contributed by atoms with Crippen molar-refractivity contribution in [1.29, 1.82) is 0 Å². The van der Waals surface area contributed by atoms with Crippen molar-refractivity contribution in [2.75, 3.05) is 6.61 Å². The molecule has 3 N–H and O–H groups in total. The fourth-order valence-corrected chi connectivity index (χ4v) is 0.963. The number of nitrogens with one attached hydrogen (secondary N) is 1. The summed E-state index contributed by atoms with van der Waals surface area (Å²) < 4.78 is 0. The Hall–Kier alpha value is -1.10. The summed E-state index contributed by atoms with van der Waals surface area (Å²) in [6, 6.07) is -0.830. The van der Waals surface area contributed by atoms with Crippen LogP contribution in [-0.4, -0.2) is 34.7 Å². The van der Waals surface area contributed by atoms with Crippen LogP contribution in [0, 0.1) is 0 Å². The van der Waals surface area contributed by atoms with Gasteiger partial charge in [-0.25, -0.2) is 4.79 Å². The van der Waals surface area contributed by atoms with Crippen LogP contribution in [0.1, 0.15) is 26.2 Å². The predicted molar refractivity (Wildman–Crippen MR) is 46.2 cm³/mol. The Kier molecular flexibility index (Phi) is 5.88. The third-order valence-corrected chi connectivity index (χ3v) is 1.58. The molecule has 0 rings (SSSR count). The lowest BCUT2D eigenvalue weighted by molar-refractivity contribution is -0.141. The number of carboxylic acid groups (broad SMARTS) is 1. The van der Waals surface area contributed by atoms with Gasteiger partial charge >= 0.3 is 5.97 Å². The number of aliphatic hydroxyl groups is 1. The first-order valence-corrected chi connectivity index (χ1v) is 4.18. The van der Waals surface area contributed by atoms with Crippen molar-refractivity contribution >= 4 is 11.9 Å². The fraction of sp³-hybridized carbons (Fsp3) is 0.750. The second-order valence-corrected chi connectivity index (χ2v) is 2.81. The smallest absolute Gasteiger partial charge is 0.326 e. The molecule has 0 aliphatic heterocycles. The van der Waals surface area contributed by atoms with Crippen LogP contribution in [0.4, 0.5) is 0 Å². The van der Waals surface area contributed by atoms with Crippen LogP contribution in [0.2, 0.25) is 0 Å². The SMILES string of the molecule is CC(=O)NC(CCCCO)C(=O)O. The van der Waals surface area contributed by atoms with Crippen molar-refractivity contribution in [3.05, 3.63) is 0 Å². The number of aliphatic hydroxyl groups excluding tert-OH is 1. The maximum absolute atomic E-state index is 10.6. The molecule has 0 saturated carbocycles. The summed E-state index contributed by atoms with van der Waals surface area (Å²) in [5.41, 5.74) is 0. The van der Waals surface area contributed by atoms with Gasteiger partial charge < -0.3 is 15.5 Å². The third kappa shape index (κ3) is 6.10. The number of hydrogen-bond donors (Lipinski definition) is 3. The summed E-state index contributed by atoms with van der Waals surface area (Å²) in [4.78, 5) is 21.1. The molecule has 0 bridgehead atoms. The molecule has 0 heterocycles. The zero-order valence-corrected chi connectivity index (χ0v) is 7.62. The first kappa shape index (κ1) is 11.9. The summed E-state index contributed by atoms with van der Waals surface area (Å²) >= 11 is 0. The van der Waals surface area contributed by atoms with Crippen LogP contribution in [0.5, 0.6) is 0 Å². The zero-order valence-electron chi connectivity index (χ0n) is 7.62. The molecule has 0 radical (unpaired) electrons. The normalized spacial score (nSPS) is 12.2. The maximum atomic E-state index is 10.6. The van der Waals surface area contributed by atoms with Crippen molar-refractivity contribution in [3.63, 3.8) is 0 Å². The van der Waals surface area contributed by atoms with Crippen molar-refractivity contribution < 1.29 is 19.8 Å². The molecule has 13 heavy (non-hydrogen) atoms. The summed E-state index contributed by atoms with van der Waals surface area (Å²) in [6.07, 6.45) is 1.51. The van der Waals surface area contributed by atoms with Gasteiger partial charge in [0, 0.05) is 13.5 Å². The predicted octanol–water partition coefficient (Wildman–Crippen LogP) is -0.262. The van der Waals surface area contributed by atoms with E-state index in [1.807, 2.05) is 0 Å². The van der Waals surface area contributed by atoms with E-state index in [9.17, 15) is 9.59 Å². The van der Waals surface area contributed by atoms with E-state index in [2.05, 4.69) is 5.32 Å². The van der Waals surface area contributed by atoms with Gasteiger partial charge in [0.15, 0.2) is 0 Å². The van der Waals surface area contributed by atoms with Gasteiger partial charge in [0.25, 0.3) is 0 Å². The third-order valence-electron chi connectivity index (χ3n) is 1.58. The maximum Gasteiger partial charge on any atom is 0.326 e. The minimum atomic E-state index is -1.03. The molecule has 0 saturated heterocycles. The summed E-state index contributed by atoms with van der Waals surface area (Å²) in [5, 5.41) is 19.4. The summed E-state index contributed by atoms with van der Waals surface area (Å²) in [7, 11) is 0. The van der Waals surface area contributed by atoms with Crippen LogP contribution < -0.4 is 5.32 Å². The highest BCUT2D eigenvalue weighted by atomic mass is 16.4. The topological polar surface area (TPSA) is 86.6 Å². The van der Waals surface area contributed by atoms with Gasteiger partial charge in [-0.15, -0.1) is 0 Å². The van der Waals surface area contributed by atoms with Gasteiger partial charge in [0.1, 0.15) is 6.04 Å². The Bertz CT molecular complexity index is 181. The molecular formula is C8H15NO4. The van der Waals surface area contributed by atoms with E-state index in [-0.39, 0.29) is 12.5 Å². The minimum absolute atomic E-state index is 0.0480. The lowest BCUT2D eigenvalue weighted by Gasteiger charge is -2.12. The fourth-order valence-electron chi connectivity index (χ4n) is 0.963. The Morgan fingerprint density at radius 3 is 2.38 bits per heavy atom. The Balaban J connectivity index is 3.81. The number of carbonyl (C=O) groups is 2. The molecule has 0 aliphatic rings. The molecule has 0 aliphatic carbocycles. The monoisotopic (exact) mass is 189 g/mol. The molecular weight excluding hydrogens is 174 g/mol. The number of rotatable bonds is 6. The van der Waals surface area contributed by atoms with Crippen LogP contribution >= 0.6 is 0 Å². The molecule has 1 amide bonds. The molecule has 5 nitrogen and oxygen atoms in total. The lowest BCUT2D eigenvalue weighted by atomic mass is 10.1. The van der Waals surface area contributed by atoms with E-state index in [4.69, 9.17) is 10.2 Å². The van der Waals surface area contributed by atoms with E-state index in [1.165, 1.54) is 6.92 Å². The second-order valence-electron chi connectivity index (χ2n) is 2.81. The van der Waals surface area contributed by atoms with Gasteiger partial charge in [-0.1, -0.05) is 0 Å². The van der Waals surface area contributed by atoms with E-state index >= 15 is 0 Å². The summed E-state index contributed by atoms with van der Waals surface area (Å²) in [6.45, 7) is 1.33. The molecule has 0 aromatic rings. The molecule has 76 valence electrons. The molecule has 0 aromatic carbocycles. The van der Waals surface area contributed by atoms with Gasteiger partial charge in [-0.3, -0.25) is 4.79 Å². The highest BCUT2D eigenvalue weighted by molar-refractivity contribution is 5.81. The number of hydrogen-bond acceptors (Lipinski definition) is 3. The van der Waals surface area contributed by atoms with Gasteiger partial charge in [0.2, 0.25) is 5.91 Å². The number of aliphatic carboxylic acids is 1. The average Bonchev–Trinajstić information content (AvgIpc) is 2.02. The molecule has 5 heteroatoms. The largest absolute Gasteiger partial charge is 0.480 e. The molecule has 1 unspecified atom stereocenters. The second kappa shape index (κ2) is 6.42. The number of carbonyl (C=O) groups excluding carboxylic acids is 1. The van der Waals surface area contributed by atoms with Crippen LogP contribution in [0.15, 0.2) is 0 Å². The quantitative estimate of drug-likeness (QED) is 0.502. The van der Waals surface area contributed by atoms with E-state index in [0.29, 0.717) is 19.3 Å². The standard InChI is InChI=1S/C8H15NO4/c1-6(11)9-7(8(12)13)4-2-3-5-10/h7,10H,2-5H2,1H3,(H,9,11)(H,12,13). The lowest BCUT2D eigenvalue weighted by Crippen LogP contribution is -2.39. The van der Waals surface area contributed by atoms with Crippen LogP contribution in [-0.2, 0) is 9.59 Å². The molecule has 0 spiro atoms. The van der Waals surface area contributed by atoms with E-state index in [1.54, 1.807) is 0 Å². The Morgan fingerprint density at radius 1 is 1.38 bits per heavy atom. The Morgan fingerprint density at radius 2 is 2.00 bits per heavy atom. The van der Waals surface area contributed by atoms with Crippen molar-refractivity contribution in [2.45, 2.75) is 32.2 Å². The number of unbranched alkanes of at least 4 members (excludes halogenated alkanes) is 1. The first-order chi connectivity index (χ1) is 6.07. The van der Waals surface area contributed by atoms with E-state index < -0.39 is 12.0 Å². The van der Waals surface area contributed by atoms with E-state index in [0.717, 1.165) is 0 Å². The van der Waals surface area contributed by atoms with Crippen molar-refractivity contribution in [3.8, 4) is 0 Å². The molecule has 0 aromatic heterocycles. The highest BCUT2D eigenvalue weighted by Crippen LogP contribution is 2.00. The van der Waals surface area contributed by atoms with Crippen LogP contribution in [0.3, 0.4) is 0 Å². The highest BCUT2D eigenvalue weighted by Gasteiger charge is 2.16. The zero-order chi connectivity index (χ0) is 10.3. The van der Waals surface area contributed by atoms with Crippen molar-refractivity contribution in [1.82, 2.24) is 5.32 Å². The van der Waals surface area contributed by atoms with Crippen molar-refractivity contribution in [2.24, 2.45) is 0 Å². The Labute approximate surface area is 76.8 Å². The molecule has 1 atom stereocenters. The van der Waals surface area contributed by atoms with Gasteiger partial charge in [0.05, 0.1) is 0 Å².